The Kier molecular flexibility index (Phi) is 8.11. The van der Waals surface area contributed by atoms with Crippen LogP contribution in [0, 0.1) is 32.1 Å². The number of aromatic nitrogens is 1. The molecule has 180 valence electrons. The van der Waals surface area contributed by atoms with Gasteiger partial charge in [0.1, 0.15) is 17.4 Å². The van der Waals surface area contributed by atoms with Crippen LogP contribution >= 0.6 is 0 Å². The van der Waals surface area contributed by atoms with Crippen LogP contribution in [0.5, 0.6) is 5.75 Å². The maximum atomic E-state index is 12.7. The van der Waals surface area contributed by atoms with Gasteiger partial charge in [0.15, 0.2) is 6.10 Å². The van der Waals surface area contributed by atoms with Gasteiger partial charge >= 0.3 is 5.97 Å². The number of esters is 1. The normalized spacial score (nSPS) is 11.9. The highest BCUT2D eigenvalue weighted by Crippen LogP contribution is 2.25. The fourth-order valence-electron chi connectivity index (χ4n) is 3.71. The number of hydrogen-bond donors (Lipinski definition) is 1. The van der Waals surface area contributed by atoms with Crippen molar-refractivity contribution in [2.24, 2.45) is 0 Å². The summed E-state index contributed by atoms with van der Waals surface area (Å²) >= 11 is 0. The zero-order chi connectivity index (χ0) is 25.5. The molecule has 35 heavy (non-hydrogen) atoms. The Morgan fingerprint density at radius 3 is 2.43 bits per heavy atom. The smallest absolute Gasteiger partial charge is 0.349 e. The summed E-state index contributed by atoms with van der Waals surface area (Å²) in [5.74, 6) is -0.543. The molecular weight excluding hydrogens is 442 g/mol. The molecule has 1 aromatic heterocycles. The lowest BCUT2D eigenvalue weighted by Crippen LogP contribution is -2.30. The number of carbonyl (C=O) groups excluding carboxylic acids is 2. The molecular formula is C28H29N3O4. The minimum absolute atomic E-state index is 0.188. The third-order valence-electron chi connectivity index (χ3n) is 5.57. The highest BCUT2D eigenvalue weighted by molar-refractivity contribution is 6.01. The number of nitrogens with zero attached hydrogens (tertiary/aromatic N) is 2. The molecule has 3 aromatic rings. The second-order valence-corrected chi connectivity index (χ2v) is 8.11. The molecule has 3 rings (SSSR count). The fraction of sp³-hybridized carbons (Fsp3) is 0.250. The van der Waals surface area contributed by atoms with E-state index in [-0.39, 0.29) is 5.57 Å². The molecule has 1 atom stereocenters. The van der Waals surface area contributed by atoms with Crippen molar-refractivity contribution in [3.05, 3.63) is 82.7 Å². The second kappa shape index (κ2) is 11.2. The number of benzene rings is 2. The van der Waals surface area contributed by atoms with Crippen LogP contribution in [-0.4, -0.2) is 29.2 Å². The van der Waals surface area contributed by atoms with Gasteiger partial charge in [0.2, 0.25) is 0 Å². The van der Waals surface area contributed by atoms with Crippen molar-refractivity contribution in [3.63, 3.8) is 0 Å². The summed E-state index contributed by atoms with van der Waals surface area (Å²) in [5.41, 5.74) is 4.78. The molecule has 1 unspecified atom stereocenters. The number of ether oxygens (including phenoxy) is 2. The molecule has 0 saturated carbocycles. The molecule has 1 amide bonds. The van der Waals surface area contributed by atoms with Gasteiger partial charge in [-0.3, -0.25) is 4.79 Å². The van der Waals surface area contributed by atoms with E-state index in [2.05, 4.69) is 5.32 Å². The van der Waals surface area contributed by atoms with Crippen molar-refractivity contribution in [2.45, 2.75) is 40.7 Å². The van der Waals surface area contributed by atoms with E-state index < -0.39 is 18.0 Å². The van der Waals surface area contributed by atoms with E-state index in [1.807, 2.05) is 80.8 Å². The maximum Gasteiger partial charge on any atom is 0.349 e. The third kappa shape index (κ3) is 5.98. The Balaban J connectivity index is 1.77. The molecule has 0 saturated heterocycles. The first-order valence-corrected chi connectivity index (χ1v) is 11.4. The quantitative estimate of drug-likeness (QED) is 0.274. The summed E-state index contributed by atoms with van der Waals surface area (Å²) < 4.78 is 12.8. The van der Waals surface area contributed by atoms with E-state index in [0.717, 1.165) is 28.4 Å². The number of para-hydroxylation sites is 1. The minimum Gasteiger partial charge on any atom is -0.494 e. The molecule has 0 aliphatic rings. The lowest BCUT2D eigenvalue weighted by Gasteiger charge is -2.14. The van der Waals surface area contributed by atoms with Crippen molar-refractivity contribution in [1.82, 2.24) is 4.57 Å². The number of aryl methyl sites for hydroxylation is 2. The molecule has 0 aliphatic heterocycles. The van der Waals surface area contributed by atoms with Gasteiger partial charge in [0.25, 0.3) is 5.91 Å². The van der Waals surface area contributed by atoms with Crippen LogP contribution < -0.4 is 10.1 Å². The lowest BCUT2D eigenvalue weighted by atomic mass is 10.1. The standard InChI is InChI=1S/C28H29N3O4/c1-6-34-25-13-11-24(12-14-25)31-19(3)15-22(20(31)4)16-23(17-29)28(33)35-21(5)27(32)30-26-10-8-7-9-18(26)2/h7-16,21H,6H2,1-5H3,(H,30,32)/b23-16+. The van der Waals surface area contributed by atoms with E-state index in [4.69, 9.17) is 9.47 Å². The molecule has 0 fully saturated rings. The summed E-state index contributed by atoms with van der Waals surface area (Å²) in [6, 6.07) is 18.8. The highest BCUT2D eigenvalue weighted by atomic mass is 16.5. The summed E-state index contributed by atoms with van der Waals surface area (Å²) in [6.07, 6.45) is 0.414. The first-order valence-electron chi connectivity index (χ1n) is 11.4. The van der Waals surface area contributed by atoms with Gasteiger partial charge in [-0.05, 0) is 88.2 Å². The summed E-state index contributed by atoms with van der Waals surface area (Å²) in [4.78, 5) is 25.2. The predicted molar refractivity (Wildman–Crippen MR) is 135 cm³/mol. The summed E-state index contributed by atoms with van der Waals surface area (Å²) in [5, 5.41) is 12.3. The maximum absolute atomic E-state index is 12.7. The van der Waals surface area contributed by atoms with Gasteiger partial charge in [-0.25, -0.2) is 4.79 Å². The molecule has 0 spiro atoms. The topological polar surface area (TPSA) is 93.3 Å². The van der Waals surface area contributed by atoms with Crippen molar-refractivity contribution >= 4 is 23.6 Å². The minimum atomic E-state index is -1.07. The number of amides is 1. The Morgan fingerprint density at radius 1 is 1.11 bits per heavy atom. The van der Waals surface area contributed by atoms with Gasteiger partial charge < -0.3 is 19.4 Å². The number of nitrogens with one attached hydrogen (secondary N) is 1. The lowest BCUT2D eigenvalue weighted by molar-refractivity contribution is -0.148. The Morgan fingerprint density at radius 2 is 1.80 bits per heavy atom. The second-order valence-electron chi connectivity index (χ2n) is 8.11. The molecule has 0 bridgehead atoms. The van der Waals surface area contributed by atoms with E-state index in [9.17, 15) is 14.9 Å². The van der Waals surface area contributed by atoms with E-state index in [0.29, 0.717) is 17.9 Å². The van der Waals surface area contributed by atoms with Gasteiger partial charge in [-0.1, -0.05) is 18.2 Å². The number of anilines is 1. The average Bonchev–Trinajstić information content (AvgIpc) is 3.12. The van der Waals surface area contributed by atoms with E-state index >= 15 is 0 Å². The van der Waals surface area contributed by atoms with Crippen molar-refractivity contribution in [2.75, 3.05) is 11.9 Å². The molecule has 2 aromatic carbocycles. The Bertz CT molecular complexity index is 1300. The summed E-state index contributed by atoms with van der Waals surface area (Å²) in [6.45, 7) is 9.72. The van der Waals surface area contributed by atoms with Crippen molar-refractivity contribution < 1.29 is 19.1 Å². The summed E-state index contributed by atoms with van der Waals surface area (Å²) in [7, 11) is 0. The number of rotatable bonds is 8. The van der Waals surface area contributed by atoms with Crippen LogP contribution in [0.2, 0.25) is 0 Å². The number of hydrogen-bond acceptors (Lipinski definition) is 5. The SMILES string of the molecule is CCOc1ccc(-n2c(C)cc(/C=C(\C#N)C(=O)OC(C)C(=O)Nc3ccccc3C)c2C)cc1. The van der Waals surface area contributed by atoms with Crippen LogP contribution in [0.4, 0.5) is 5.69 Å². The van der Waals surface area contributed by atoms with Crippen LogP contribution in [-0.2, 0) is 14.3 Å². The highest BCUT2D eigenvalue weighted by Gasteiger charge is 2.22. The van der Waals surface area contributed by atoms with Crippen LogP contribution in [0.25, 0.3) is 11.8 Å². The Hall–Kier alpha value is -4.31. The van der Waals surface area contributed by atoms with Crippen LogP contribution in [0.15, 0.2) is 60.2 Å². The van der Waals surface area contributed by atoms with Crippen LogP contribution in [0.3, 0.4) is 0 Å². The fourth-order valence-corrected chi connectivity index (χ4v) is 3.71. The first-order chi connectivity index (χ1) is 16.7. The third-order valence-corrected chi connectivity index (χ3v) is 5.57. The van der Waals surface area contributed by atoms with Gasteiger partial charge in [0, 0.05) is 22.8 Å². The molecule has 7 nitrogen and oxygen atoms in total. The molecule has 1 N–H and O–H groups in total. The molecule has 0 radical (unpaired) electrons. The van der Waals surface area contributed by atoms with Crippen molar-refractivity contribution in [1.29, 1.82) is 5.26 Å². The largest absolute Gasteiger partial charge is 0.494 e. The van der Waals surface area contributed by atoms with E-state index in [1.54, 1.807) is 12.1 Å². The monoisotopic (exact) mass is 471 g/mol. The molecule has 7 heteroatoms. The zero-order valence-corrected chi connectivity index (χ0v) is 20.6. The first kappa shape index (κ1) is 25.3. The van der Waals surface area contributed by atoms with Crippen molar-refractivity contribution in [3.8, 4) is 17.5 Å². The van der Waals surface area contributed by atoms with Gasteiger partial charge in [-0.15, -0.1) is 0 Å². The number of carbonyl (C=O) groups is 2. The van der Waals surface area contributed by atoms with E-state index in [1.165, 1.54) is 13.0 Å². The molecule has 1 heterocycles. The zero-order valence-electron chi connectivity index (χ0n) is 20.6. The number of nitriles is 1. The Labute approximate surface area is 205 Å². The van der Waals surface area contributed by atoms with Gasteiger partial charge in [0.05, 0.1) is 6.61 Å². The molecule has 0 aliphatic carbocycles. The average molecular weight is 472 g/mol. The predicted octanol–water partition coefficient (Wildman–Crippen LogP) is 5.28. The van der Waals surface area contributed by atoms with Gasteiger partial charge in [-0.2, -0.15) is 5.26 Å². The van der Waals surface area contributed by atoms with Crippen LogP contribution in [0.1, 0.15) is 36.4 Å².